The highest BCUT2D eigenvalue weighted by atomic mass is 16.2. The van der Waals surface area contributed by atoms with E-state index in [4.69, 9.17) is 0 Å². The molecule has 0 aromatic carbocycles. The zero-order valence-corrected chi connectivity index (χ0v) is 12.0. The summed E-state index contributed by atoms with van der Waals surface area (Å²) in [5, 5.41) is 4.97. The first-order chi connectivity index (χ1) is 9.65. The van der Waals surface area contributed by atoms with Gasteiger partial charge in [0.1, 0.15) is 6.04 Å². The highest BCUT2D eigenvalue weighted by Crippen LogP contribution is 2.27. The number of piperidine rings is 1. The molecule has 1 aliphatic heterocycles. The smallest absolute Gasteiger partial charge is 0.249 e. The second kappa shape index (κ2) is 7.41. The molecule has 1 atom stereocenters. The minimum atomic E-state index is -0.533. The van der Waals surface area contributed by atoms with Crippen molar-refractivity contribution in [3.63, 3.8) is 0 Å². The summed E-state index contributed by atoms with van der Waals surface area (Å²) in [6, 6.07) is -0.533. The van der Waals surface area contributed by atoms with Crippen molar-refractivity contribution in [2.45, 2.75) is 70.3 Å². The van der Waals surface area contributed by atoms with E-state index in [-0.39, 0.29) is 17.7 Å². The van der Waals surface area contributed by atoms with Crippen molar-refractivity contribution in [1.82, 2.24) is 10.6 Å². The van der Waals surface area contributed by atoms with Crippen molar-refractivity contribution in [2.24, 2.45) is 5.92 Å². The van der Waals surface area contributed by atoms with Gasteiger partial charge in [0.15, 0.2) is 0 Å². The summed E-state index contributed by atoms with van der Waals surface area (Å²) >= 11 is 0. The van der Waals surface area contributed by atoms with Gasteiger partial charge in [0.2, 0.25) is 17.7 Å². The van der Waals surface area contributed by atoms with Gasteiger partial charge in [-0.2, -0.15) is 0 Å². The van der Waals surface area contributed by atoms with Crippen LogP contribution in [0.25, 0.3) is 0 Å². The van der Waals surface area contributed by atoms with Gasteiger partial charge in [-0.1, -0.05) is 32.1 Å². The van der Waals surface area contributed by atoms with Crippen LogP contribution in [0.5, 0.6) is 0 Å². The quantitative estimate of drug-likeness (QED) is 0.752. The average Bonchev–Trinajstić information content (AvgIpc) is 2.43. The maximum Gasteiger partial charge on any atom is 0.249 e. The number of carbonyl (C=O) groups excluding carboxylic acids is 3. The Morgan fingerprint density at radius 3 is 2.60 bits per heavy atom. The highest BCUT2D eigenvalue weighted by Gasteiger charge is 2.27. The highest BCUT2D eigenvalue weighted by molar-refractivity contribution is 6.01. The maximum atomic E-state index is 11.8. The molecular formula is C15H24N2O3. The van der Waals surface area contributed by atoms with E-state index in [1.165, 1.54) is 32.1 Å². The van der Waals surface area contributed by atoms with Crippen molar-refractivity contribution < 1.29 is 14.4 Å². The lowest BCUT2D eigenvalue weighted by atomic mass is 9.86. The Bertz CT molecular complexity index is 375. The molecule has 0 radical (unpaired) electrons. The standard InChI is InChI=1S/C15H24N2O3/c18-13(8-4-7-11-5-2-1-3-6-11)16-12-9-10-14(19)17-15(12)20/h11-12H,1-10H2,(H,16,18)(H,17,19,20). The summed E-state index contributed by atoms with van der Waals surface area (Å²) in [6.07, 6.45) is 9.81. The van der Waals surface area contributed by atoms with E-state index >= 15 is 0 Å². The van der Waals surface area contributed by atoms with Gasteiger partial charge in [-0.3, -0.25) is 19.7 Å². The van der Waals surface area contributed by atoms with Crippen molar-refractivity contribution in [3.8, 4) is 0 Å². The summed E-state index contributed by atoms with van der Waals surface area (Å²) in [5.41, 5.74) is 0. The fourth-order valence-corrected chi connectivity index (χ4v) is 3.12. The minimum Gasteiger partial charge on any atom is -0.344 e. The molecule has 0 spiro atoms. The van der Waals surface area contributed by atoms with E-state index < -0.39 is 6.04 Å². The first-order valence-electron chi connectivity index (χ1n) is 7.78. The summed E-state index contributed by atoms with van der Waals surface area (Å²) in [4.78, 5) is 34.3. The molecule has 1 saturated carbocycles. The van der Waals surface area contributed by atoms with Crippen LogP contribution in [0, 0.1) is 5.92 Å². The zero-order chi connectivity index (χ0) is 14.4. The van der Waals surface area contributed by atoms with Crippen LogP contribution in [0.4, 0.5) is 0 Å². The fourth-order valence-electron chi connectivity index (χ4n) is 3.12. The number of carbonyl (C=O) groups is 3. The van der Waals surface area contributed by atoms with Gasteiger partial charge >= 0.3 is 0 Å². The normalized spacial score (nSPS) is 24.3. The first-order valence-corrected chi connectivity index (χ1v) is 7.78. The van der Waals surface area contributed by atoms with Crippen LogP contribution in [0.2, 0.25) is 0 Å². The molecule has 1 saturated heterocycles. The van der Waals surface area contributed by atoms with Crippen LogP contribution < -0.4 is 10.6 Å². The van der Waals surface area contributed by atoms with Gasteiger partial charge in [0, 0.05) is 12.8 Å². The average molecular weight is 280 g/mol. The Morgan fingerprint density at radius 1 is 1.15 bits per heavy atom. The van der Waals surface area contributed by atoms with E-state index in [0.29, 0.717) is 19.3 Å². The molecular weight excluding hydrogens is 256 g/mol. The third-order valence-corrected chi connectivity index (χ3v) is 4.32. The second-order valence-electron chi connectivity index (χ2n) is 5.97. The van der Waals surface area contributed by atoms with Crippen LogP contribution in [0.3, 0.4) is 0 Å². The molecule has 2 N–H and O–H groups in total. The Hall–Kier alpha value is -1.39. The van der Waals surface area contributed by atoms with Crippen LogP contribution in [-0.2, 0) is 14.4 Å². The Balaban J connectivity index is 1.62. The molecule has 0 bridgehead atoms. The zero-order valence-electron chi connectivity index (χ0n) is 12.0. The Morgan fingerprint density at radius 2 is 1.90 bits per heavy atom. The second-order valence-corrected chi connectivity index (χ2v) is 5.97. The lowest BCUT2D eigenvalue weighted by molar-refractivity contribution is -0.137. The maximum absolute atomic E-state index is 11.8. The molecule has 1 unspecified atom stereocenters. The topological polar surface area (TPSA) is 75.3 Å². The molecule has 20 heavy (non-hydrogen) atoms. The molecule has 0 aromatic rings. The van der Waals surface area contributed by atoms with E-state index in [0.717, 1.165) is 18.8 Å². The molecule has 1 aliphatic carbocycles. The van der Waals surface area contributed by atoms with Gasteiger partial charge in [-0.25, -0.2) is 0 Å². The van der Waals surface area contributed by atoms with Crippen LogP contribution >= 0.6 is 0 Å². The largest absolute Gasteiger partial charge is 0.344 e. The number of nitrogens with one attached hydrogen (secondary N) is 2. The molecule has 5 nitrogen and oxygen atoms in total. The SMILES string of the molecule is O=C1CCC(NC(=O)CCCC2CCCCC2)C(=O)N1. The summed E-state index contributed by atoms with van der Waals surface area (Å²) in [6.45, 7) is 0. The van der Waals surface area contributed by atoms with Gasteiger partial charge in [0.05, 0.1) is 0 Å². The van der Waals surface area contributed by atoms with Crippen molar-refractivity contribution in [3.05, 3.63) is 0 Å². The molecule has 1 heterocycles. The van der Waals surface area contributed by atoms with Crippen molar-refractivity contribution in [2.75, 3.05) is 0 Å². The number of rotatable bonds is 5. The molecule has 2 aliphatic rings. The lowest BCUT2D eigenvalue weighted by Gasteiger charge is -2.23. The molecule has 5 heteroatoms. The third kappa shape index (κ3) is 4.62. The predicted molar refractivity (Wildman–Crippen MR) is 74.7 cm³/mol. The van der Waals surface area contributed by atoms with Crippen LogP contribution in [0.1, 0.15) is 64.2 Å². The molecule has 112 valence electrons. The molecule has 0 aromatic heterocycles. The van der Waals surface area contributed by atoms with E-state index in [9.17, 15) is 14.4 Å². The van der Waals surface area contributed by atoms with Crippen LogP contribution in [-0.4, -0.2) is 23.8 Å². The van der Waals surface area contributed by atoms with Crippen molar-refractivity contribution >= 4 is 17.7 Å². The van der Waals surface area contributed by atoms with Gasteiger partial charge in [-0.05, 0) is 25.2 Å². The first kappa shape index (κ1) is 15.0. The number of hydrogen-bond acceptors (Lipinski definition) is 3. The minimum absolute atomic E-state index is 0.0738. The van der Waals surface area contributed by atoms with Gasteiger partial charge in [-0.15, -0.1) is 0 Å². The fraction of sp³-hybridized carbons (Fsp3) is 0.800. The molecule has 2 fully saturated rings. The number of amides is 3. The Labute approximate surface area is 119 Å². The predicted octanol–water partition coefficient (Wildman–Crippen LogP) is 1.66. The van der Waals surface area contributed by atoms with Gasteiger partial charge < -0.3 is 5.32 Å². The lowest BCUT2D eigenvalue weighted by Crippen LogP contribution is -2.52. The molecule has 2 rings (SSSR count). The third-order valence-electron chi connectivity index (χ3n) is 4.32. The van der Waals surface area contributed by atoms with Crippen LogP contribution in [0.15, 0.2) is 0 Å². The summed E-state index contributed by atoms with van der Waals surface area (Å²) in [7, 11) is 0. The van der Waals surface area contributed by atoms with Crippen molar-refractivity contribution in [1.29, 1.82) is 0 Å². The monoisotopic (exact) mass is 280 g/mol. The van der Waals surface area contributed by atoms with E-state index in [1.807, 2.05) is 0 Å². The summed E-state index contributed by atoms with van der Waals surface area (Å²) in [5.74, 6) is 0.0853. The summed E-state index contributed by atoms with van der Waals surface area (Å²) < 4.78 is 0. The molecule has 3 amide bonds. The number of imide groups is 1. The Kier molecular flexibility index (Phi) is 5.56. The number of hydrogen-bond donors (Lipinski definition) is 2. The van der Waals surface area contributed by atoms with Gasteiger partial charge in [0.25, 0.3) is 0 Å². The van der Waals surface area contributed by atoms with E-state index in [1.54, 1.807) is 0 Å². The van der Waals surface area contributed by atoms with E-state index in [2.05, 4.69) is 10.6 Å².